The highest BCUT2D eigenvalue weighted by molar-refractivity contribution is 8.30. The second-order valence-corrected chi connectivity index (χ2v) is 18.6. The zero-order valence-electron chi connectivity index (χ0n) is 38.1. The molecule has 0 unspecified atom stereocenters. The highest BCUT2D eigenvalue weighted by Crippen LogP contribution is 2.70. The molecule has 0 aliphatic heterocycles. The molecule has 0 saturated heterocycles. The monoisotopic (exact) mass is 1160 g/mol. The lowest BCUT2D eigenvalue weighted by molar-refractivity contribution is 0.0757. The van der Waals surface area contributed by atoms with Crippen LogP contribution >= 0.6 is 10.3 Å². The molecule has 0 fully saturated rings. The quantitative estimate of drug-likeness (QED) is 0.0521. The van der Waals surface area contributed by atoms with E-state index < -0.39 is 196 Å². The van der Waals surface area contributed by atoms with Gasteiger partial charge in [-0.1, -0.05) is 42.5 Å². The van der Waals surface area contributed by atoms with E-state index in [0.717, 1.165) is 12.1 Å². The van der Waals surface area contributed by atoms with Crippen LogP contribution in [0.25, 0.3) is 22.1 Å². The van der Waals surface area contributed by atoms with E-state index >= 15 is 57.5 Å². The third-order valence-corrected chi connectivity index (χ3v) is 14.5. The minimum atomic E-state index is -4.17. The van der Waals surface area contributed by atoms with Crippen LogP contribution in [0.1, 0.15) is 10.4 Å². The van der Waals surface area contributed by atoms with Gasteiger partial charge < -0.3 is 22.8 Å². The second kappa shape index (κ2) is 20.9. The second-order valence-electron chi connectivity index (χ2n) is 15.9. The Morgan fingerprint density at radius 1 is 0.350 bits per heavy atom. The number of rotatable bonds is 12. The van der Waals surface area contributed by atoms with Gasteiger partial charge in [-0.2, -0.15) is 26.3 Å². The van der Waals surface area contributed by atoms with Gasteiger partial charge in [0.05, 0.1) is 11.1 Å². The number of benzene rings is 8. The summed E-state index contributed by atoms with van der Waals surface area (Å²) in [7, 11) is -4.17. The molecule has 0 aliphatic carbocycles. The van der Waals surface area contributed by atoms with Crippen molar-refractivity contribution in [3.63, 3.8) is 0 Å². The lowest BCUT2D eigenvalue weighted by Crippen LogP contribution is -2.17. The highest BCUT2D eigenvalue weighted by atomic mass is 32.3. The van der Waals surface area contributed by atoms with E-state index in [9.17, 15) is 39.9 Å². The van der Waals surface area contributed by atoms with Gasteiger partial charge in [0.2, 0.25) is 116 Å². The number of carbonyl (C=O) groups is 1. The molecular weight excluding hydrogens is 1150 g/mol. The van der Waals surface area contributed by atoms with Crippen LogP contribution in [-0.4, -0.2) is 5.97 Å². The van der Waals surface area contributed by atoms with E-state index in [0.29, 0.717) is 0 Å². The summed E-state index contributed by atoms with van der Waals surface area (Å²) in [6.07, 6.45) is 0. The lowest BCUT2D eigenvalue weighted by Gasteiger charge is -2.40. The van der Waals surface area contributed by atoms with Gasteiger partial charge in [-0.3, -0.25) is 0 Å². The summed E-state index contributed by atoms with van der Waals surface area (Å²) < 4.78 is 332. The average molecular weight is 1160 g/mol. The minimum absolute atomic E-state index is 0.150. The summed E-state index contributed by atoms with van der Waals surface area (Å²) in [6, 6.07) is 18.0. The van der Waals surface area contributed by atoms with Crippen molar-refractivity contribution >= 4 is 27.2 Å². The molecule has 9 aromatic rings. The van der Waals surface area contributed by atoms with E-state index in [-0.39, 0.29) is 25.7 Å². The van der Waals surface area contributed by atoms with Gasteiger partial charge >= 0.3 is 11.6 Å². The molecule has 412 valence electrons. The van der Waals surface area contributed by atoms with Gasteiger partial charge in [-0.05, 0) is 52.8 Å². The minimum Gasteiger partial charge on any atom is -0.447 e. The maximum Gasteiger partial charge on any atom is 0.350 e. The third-order valence-electron chi connectivity index (χ3n) is 11.3. The van der Waals surface area contributed by atoms with Gasteiger partial charge in [-0.25, -0.2) is 71.1 Å². The topological polar surface area (TPSA) is 84.2 Å². The van der Waals surface area contributed by atoms with Crippen molar-refractivity contribution in [1.29, 1.82) is 0 Å². The standard InChI is InChI=1S/C52H16F20O7S/c53-27-26(28(54)30(56)31(57)29(27)55)25-21(52(74)79-80(18-7-3-1-4-8-18,19-9-5-2-6-10-19)20-13-11-17-12-14-24(73)75-22(17)15-20)16-23(76-49-41(67)35(61)32(58)36(62)42(49)68)47(77-50-43(69)37(63)33(59)38(64)44(50)70)48(25)78-51-45(71)39(65)34(60)40(66)46(51)72/h1-16H. The van der Waals surface area contributed by atoms with Crippen molar-refractivity contribution in [2.24, 2.45) is 0 Å². The third kappa shape index (κ3) is 8.96. The highest BCUT2D eigenvalue weighted by Gasteiger charge is 2.43. The molecule has 0 N–H and O–H groups in total. The van der Waals surface area contributed by atoms with Crippen molar-refractivity contribution in [3.8, 4) is 45.6 Å². The summed E-state index contributed by atoms with van der Waals surface area (Å²) in [5, 5.41) is 0.150. The number of fused-ring (bicyclic) bond motifs is 1. The molecule has 0 radical (unpaired) electrons. The van der Waals surface area contributed by atoms with E-state index in [1.54, 1.807) is 0 Å². The summed E-state index contributed by atoms with van der Waals surface area (Å²) in [5.41, 5.74) is -8.61. The normalized spacial score (nSPS) is 11.8. The SMILES string of the molecule is O=C(OS(c1ccccc1)(c1ccccc1)c1ccc2ccc(=O)oc2c1)c1cc(Oc2c(F)c(F)c(F)c(F)c2F)c(Oc2c(F)c(F)c(F)c(F)c2F)c(Oc2c(F)c(F)c(F)c(F)c2F)c1-c1c(F)c(F)c(F)c(F)c1F. The first kappa shape index (κ1) is 55.5. The predicted molar refractivity (Wildman–Crippen MR) is 234 cm³/mol. The van der Waals surface area contributed by atoms with E-state index in [1.165, 1.54) is 78.9 Å². The molecule has 1 heterocycles. The van der Waals surface area contributed by atoms with Gasteiger partial charge in [-0.15, -0.1) is 0 Å². The van der Waals surface area contributed by atoms with E-state index in [1.807, 2.05) is 0 Å². The number of carbonyl (C=O) groups excluding carboxylic acids is 1. The Hall–Kier alpha value is -9.21. The summed E-state index contributed by atoms with van der Waals surface area (Å²) in [4.78, 5) is 27.4. The Kier molecular flexibility index (Phi) is 14.5. The van der Waals surface area contributed by atoms with Crippen molar-refractivity contribution in [3.05, 3.63) is 229 Å². The molecule has 1 aromatic heterocycles. The molecule has 7 nitrogen and oxygen atoms in total. The van der Waals surface area contributed by atoms with Gasteiger partial charge in [0.1, 0.15) is 5.58 Å². The molecule has 0 spiro atoms. The molecule has 0 bridgehead atoms. The maximum atomic E-state index is 16.6. The molecule has 0 amide bonds. The molecule has 80 heavy (non-hydrogen) atoms. The molecule has 9 rings (SSSR count). The average Bonchev–Trinajstić information content (AvgIpc) is 3.57. The van der Waals surface area contributed by atoms with Crippen LogP contribution in [-0.2, 0) is 4.18 Å². The van der Waals surface area contributed by atoms with Gasteiger partial charge in [0.25, 0.3) is 0 Å². The van der Waals surface area contributed by atoms with Crippen LogP contribution in [0.4, 0.5) is 87.8 Å². The summed E-state index contributed by atoms with van der Waals surface area (Å²) >= 11 is 0. The molecular formula is C52H16F20O7S. The number of hydrogen-bond acceptors (Lipinski definition) is 7. The molecule has 8 aromatic carbocycles. The van der Waals surface area contributed by atoms with E-state index in [2.05, 4.69) is 0 Å². The fourth-order valence-electron chi connectivity index (χ4n) is 7.61. The van der Waals surface area contributed by atoms with E-state index in [4.69, 9.17) is 22.8 Å². The van der Waals surface area contributed by atoms with Crippen LogP contribution < -0.4 is 19.8 Å². The number of hydrogen-bond donors (Lipinski definition) is 0. The van der Waals surface area contributed by atoms with Gasteiger partial charge in [0.15, 0.2) is 34.8 Å². The first-order chi connectivity index (χ1) is 37.8. The smallest absolute Gasteiger partial charge is 0.350 e. The van der Waals surface area contributed by atoms with Crippen LogP contribution in [0.15, 0.2) is 121 Å². The summed E-state index contributed by atoms with van der Waals surface area (Å²) in [5.74, 6) is -80.5. The Morgan fingerprint density at radius 3 is 1.14 bits per heavy atom. The maximum absolute atomic E-state index is 16.6. The zero-order chi connectivity index (χ0) is 58.1. The first-order valence-corrected chi connectivity index (χ1v) is 22.9. The zero-order valence-corrected chi connectivity index (χ0v) is 38.9. The van der Waals surface area contributed by atoms with Crippen LogP contribution in [0.2, 0.25) is 0 Å². The Bertz CT molecular complexity index is 3990. The summed E-state index contributed by atoms with van der Waals surface area (Å²) in [6.45, 7) is 0. The number of halogens is 20. The van der Waals surface area contributed by atoms with Crippen LogP contribution in [0.3, 0.4) is 0 Å². The van der Waals surface area contributed by atoms with Crippen molar-refractivity contribution in [1.82, 2.24) is 0 Å². The van der Waals surface area contributed by atoms with Crippen LogP contribution in [0, 0.1) is 116 Å². The fraction of sp³-hybridized carbons (Fsp3) is 0. The van der Waals surface area contributed by atoms with Crippen molar-refractivity contribution in [2.45, 2.75) is 14.7 Å². The van der Waals surface area contributed by atoms with Crippen molar-refractivity contribution < 1.29 is 115 Å². The lowest BCUT2D eigenvalue weighted by atomic mass is 9.95. The Balaban J connectivity index is 1.51. The molecule has 0 atom stereocenters. The number of ether oxygens (including phenoxy) is 3. The fourth-order valence-corrected chi connectivity index (χ4v) is 10.6. The first-order valence-electron chi connectivity index (χ1n) is 21.4. The van der Waals surface area contributed by atoms with Crippen molar-refractivity contribution in [2.75, 3.05) is 0 Å². The largest absolute Gasteiger partial charge is 0.447 e. The van der Waals surface area contributed by atoms with Gasteiger partial charge in [0, 0.05) is 37.8 Å². The molecule has 0 aliphatic rings. The molecule has 0 saturated carbocycles. The Labute approximate surface area is 431 Å². The Morgan fingerprint density at radius 2 is 0.713 bits per heavy atom. The molecule has 28 heteroatoms. The van der Waals surface area contributed by atoms with Crippen LogP contribution in [0.5, 0.6) is 34.5 Å². The predicted octanol–water partition coefficient (Wildman–Crippen LogP) is 16.7.